The molecule has 27 heavy (non-hydrogen) atoms. The SMILES string of the molecule is Cc1cccc(N2CCN(C(=O)c3cc(N4CCCC4)ncn3)CC2)c1C. The molecule has 1 aromatic heterocycles. The number of anilines is 2. The lowest BCUT2D eigenvalue weighted by Gasteiger charge is -2.37. The molecule has 2 aliphatic rings. The van der Waals surface area contributed by atoms with E-state index in [1.165, 1.54) is 36.0 Å². The third-order valence-corrected chi connectivity index (χ3v) is 5.79. The monoisotopic (exact) mass is 365 g/mol. The van der Waals surface area contributed by atoms with Gasteiger partial charge in [0.15, 0.2) is 0 Å². The number of nitrogens with zero attached hydrogens (tertiary/aromatic N) is 5. The molecule has 4 rings (SSSR count). The van der Waals surface area contributed by atoms with Crippen LogP contribution in [0, 0.1) is 13.8 Å². The van der Waals surface area contributed by atoms with Crippen molar-refractivity contribution in [1.82, 2.24) is 14.9 Å². The predicted octanol–water partition coefficient (Wildman–Crippen LogP) is 2.66. The quantitative estimate of drug-likeness (QED) is 0.837. The van der Waals surface area contributed by atoms with Gasteiger partial charge in [0.25, 0.3) is 5.91 Å². The normalized spacial score (nSPS) is 17.5. The van der Waals surface area contributed by atoms with E-state index in [-0.39, 0.29) is 5.91 Å². The van der Waals surface area contributed by atoms with Crippen molar-refractivity contribution >= 4 is 17.4 Å². The number of carbonyl (C=O) groups is 1. The molecule has 0 bridgehead atoms. The molecule has 2 aliphatic heterocycles. The van der Waals surface area contributed by atoms with Gasteiger partial charge in [-0.05, 0) is 43.9 Å². The molecule has 0 spiro atoms. The highest BCUT2D eigenvalue weighted by Crippen LogP contribution is 2.24. The first-order valence-corrected chi connectivity index (χ1v) is 9.81. The van der Waals surface area contributed by atoms with E-state index in [1.807, 2.05) is 11.0 Å². The number of rotatable bonds is 3. The molecule has 6 heteroatoms. The third kappa shape index (κ3) is 3.61. The largest absolute Gasteiger partial charge is 0.368 e. The molecular formula is C21H27N5O. The molecule has 0 aliphatic carbocycles. The second-order valence-electron chi connectivity index (χ2n) is 7.45. The Hall–Kier alpha value is -2.63. The van der Waals surface area contributed by atoms with Crippen LogP contribution >= 0.6 is 0 Å². The minimum atomic E-state index is 0.0125. The van der Waals surface area contributed by atoms with Crippen molar-refractivity contribution < 1.29 is 4.79 Å². The zero-order valence-corrected chi connectivity index (χ0v) is 16.2. The zero-order chi connectivity index (χ0) is 18.8. The molecule has 2 saturated heterocycles. The molecule has 0 atom stereocenters. The van der Waals surface area contributed by atoms with Gasteiger partial charge in [0, 0.05) is 51.0 Å². The van der Waals surface area contributed by atoms with Gasteiger partial charge < -0.3 is 14.7 Å². The van der Waals surface area contributed by atoms with Crippen molar-refractivity contribution in [3.8, 4) is 0 Å². The molecule has 0 saturated carbocycles. The molecule has 0 N–H and O–H groups in total. The molecule has 1 aromatic carbocycles. The van der Waals surface area contributed by atoms with Crippen LogP contribution in [-0.4, -0.2) is 60.0 Å². The first-order valence-electron chi connectivity index (χ1n) is 9.81. The van der Waals surface area contributed by atoms with E-state index >= 15 is 0 Å². The smallest absolute Gasteiger partial charge is 0.272 e. The lowest BCUT2D eigenvalue weighted by atomic mass is 10.1. The Morgan fingerprint density at radius 2 is 1.67 bits per heavy atom. The number of aryl methyl sites for hydroxylation is 1. The minimum Gasteiger partial charge on any atom is -0.368 e. The molecule has 2 fully saturated rings. The van der Waals surface area contributed by atoms with Crippen LogP contribution in [0.2, 0.25) is 0 Å². The summed E-state index contributed by atoms with van der Waals surface area (Å²) in [4.78, 5) is 28.1. The Bertz CT molecular complexity index is 823. The summed E-state index contributed by atoms with van der Waals surface area (Å²) in [7, 11) is 0. The second kappa shape index (κ2) is 7.55. The van der Waals surface area contributed by atoms with Gasteiger partial charge >= 0.3 is 0 Å². The molecule has 142 valence electrons. The molecule has 6 nitrogen and oxygen atoms in total. The van der Waals surface area contributed by atoms with Crippen molar-refractivity contribution in [2.75, 3.05) is 49.1 Å². The van der Waals surface area contributed by atoms with Crippen molar-refractivity contribution in [2.45, 2.75) is 26.7 Å². The van der Waals surface area contributed by atoms with E-state index in [0.29, 0.717) is 5.69 Å². The molecule has 1 amide bonds. The summed E-state index contributed by atoms with van der Waals surface area (Å²) in [5.74, 6) is 0.887. The fourth-order valence-electron chi connectivity index (χ4n) is 3.97. The first kappa shape index (κ1) is 17.8. The predicted molar refractivity (Wildman–Crippen MR) is 108 cm³/mol. The maximum absolute atomic E-state index is 12.9. The van der Waals surface area contributed by atoms with Crippen LogP contribution in [0.1, 0.15) is 34.5 Å². The molecule has 0 unspecified atom stereocenters. The van der Waals surface area contributed by atoms with Crippen LogP contribution in [0.4, 0.5) is 11.5 Å². The van der Waals surface area contributed by atoms with Gasteiger partial charge in [-0.1, -0.05) is 12.1 Å². The minimum absolute atomic E-state index is 0.0125. The second-order valence-corrected chi connectivity index (χ2v) is 7.45. The van der Waals surface area contributed by atoms with Crippen LogP contribution in [0.25, 0.3) is 0 Å². The van der Waals surface area contributed by atoms with E-state index in [4.69, 9.17) is 0 Å². The summed E-state index contributed by atoms with van der Waals surface area (Å²) >= 11 is 0. The average molecular weight is 365 g/mol. The number of benzene rings is 1. The molecule has 0 radical (unpaired) electrons. The van der Waals surface area contributed by atoms with Gasteiger partial charge in [-0.25, -0.2) is 9.97 Å². The summed E-state index contributed by atoms with van der Waals surface area (Å²) in [5.41, 5.74) is 4.41. The van der Waals surface area contributed by atoms with E-state index in [9.17, 15) is 4.79 Å². The van der Waals surface area contributed by atoms with Crippen LogP contribution in [0.3, 0.4) is 0 Å². The molecule has 2 aromatic rings. The Labute approximate surface area is 160 Å². The Morgan fingerprint density at radius 3 is 2.41 bits per heavy atom. The van der Waals surface area contributed by atoms with Crippen molar-refractivity contribution in [3.63, 3.8) is 0 Å². The Kier molecular flexibility index (Phi) is 4.97. The first-order chi connectivity index (χ1) is 13.1. The summed E-state index contributed by atoms with van der Waals surface area (Å²) < 4.78 is 0. The lowest BCUT2D eigenvalue weighted by molar-refractivity contribution is 0.0740. The molecule has 3 heterocycles. The number of amides is 1. The van der Waals surface area contributed by atoms with Gasteiger partial charge in [-0.3, -0.25) is 4.79 Å². The maximum Gasteiger partial charge on any atom is 0.272 e. The summed E-state index contributed by atoms with van der Waals surface area (Å²) in [6.45, 7) is 9.47. The molecular weight excluding hydrogens is 338 g/mol. The van der Waals surface area contributed by atoms with Gasteiger partial charge in [-0.15, -0.1) is 0 Å². The highest BCUT2D eigenvalue weighted by Gasteiger charge is 2.25. The van der Waals surface area contributed by atoms with Crippen LogP contribution < -0.4 is 9.80 Å². The summed E-state index contributed by atoms with van der Waals surface area (Å²) in [5, 5.41) is 0. The summed E-state index contributed by atoms with van der Waals surface area (Å²) in [6.07, 6.45) is 3.90. The van der Waals surface area contributed by atoms with E-state index in [0.717, 1.165) is 45.1 Å². The number of carbonyl (C=O) groups excluding carboxylic acids is 1. The fourth-order valence-corrected chi connectivity index (χ4v) is 3.97. The lowest BCUT2D eigenvalue weighted by Crippen LogP contribution is -2.49. The van der Waals surface area contributed by atoms with Crippen LogP contribution in [0.5, 0.6) is 0 Å². The third-order valence-electron chi connectivity index (χ3n) is 5.79. The van der Waals surface area contributed by atoms with Crippen LogP contribution in [0.15, 0.2) is 30.6 Å². The topological polar surface area (TPSA) is 52.6 Å². The van der Waals surface area contributed by atoms with Gasteiger partial charge in [0.2, 0.25) is 0 Å². The zero-order valence-electron chi connectivity index (χ0n) is 16.2. The van der Waals surface area contributed by atoms with Crippen LogP contribution in [-0.2, 0) is 0 Å². The van der Waals surface area contributed by atoms with Crippen molar-refractivity contribution in [1.29, 1.82) is 0 Å². The average Bonchev–Trinajstić information content (AvgIpc) is 3.25. The fraction of sp³-hybridized carbons (Fsp3) is 0.476. The van der Waals surface area contributed by atoms with Crippen molar-refractivity contribution in [3.05, 3.63) is 47.4 Å². The van der Waals surface area contributed by atoms with E-state index in [1.54, 1.807) is 0 Å². The van der Waals surface area contributed by atoms with E-state index < -0.39 is 0 Å². The standard InChI is InChI=1S/C21H27N5O/c1-16-6-5-7-19(17(16)2)24-10-12-26(13-11-24)21(27)18-14-20(23-15-22-18)25-8-3-4-9-25/h5-7,14-15H,3-4,8-13H2,1-2H3. The maximum atomic E-state index is 12.9. The van der Waals surface area contributed by atoms with Gasteiger partial charge in [-0.2, -0.15) is 0 Å². The van der Waals surface area contributed by atoms with Gasteiger partial charge in [0.05, 0.1) is 0 Å². The Balaban J connectivity index is 1.43. The number of piperazine rings is 1. The Morgan fingerprint density at radius 1 is 0.926 bits per heavy atom. The highest BCUT2D eigenvalue weighted by atomic mass is 16.2. The van der Waals surface area contributed by atoms with Gasteiger partial charge in [0.1, 0.15) is 17.8 Å². The number of aromatic nitrogens is 2. The van der Waals surface area contributed by atoms with Crippen molar-refractivity contribution in [2.24, 2.45) is 0 Å². The number of hydrogen-bond donors (Lipinski definition) is 0. The highest BCUT2D eigenvalue weighted by molar-refractivity contribution is 5.93. The number of hydrogen-bond acceptors (Lipinski definition) is 5. The van der Waals surface area contributed by atoms with E-state index in [2.05, 4.69) is 51.8 Å². The summed E-state index contributed by atoms with van der Waals surface area (Å²) in [6, 6.07) is 8.28.